The van der Waals surface area contributed by atoms with Gasteiger partial charge in [0.2, 0.25) is 0 Å². The molecule has 0 aliphatic rings. The van der Waals surface area contributed by atoms with Crippen molar-refractivity contribution in [1.29, 1.82) is 0 Å². The standard InChI is InChI=1S/C91H144O17P2/c1-5-9-13-17-21-25-29-33-37-41-42-46-48-52-56-60-64-68-72-76-89(94)102-82-87(108-91(96)78-74-70-66-62-58-54-50-45-40-36-32-28-24-20-16-12-8-4)84-106-110(99,100)104-80-85(92)79-103-109(97,98)105-83-86(107-90(95)77-73-69-65-61-57-53-49-44-39-35-31-27-23-19-15-11-7-3)81-101-88(93)75-71-67-63-59-55-51-47-43-38-34-30-26-22-18-14-10-6-2/h9-16,21-28,33-40,42,46,50,52,54,56,62,64,66,68,85-87,92H,5-8,17-20,29-32,41,43-45,47-49,51,53,55,57-61,63,65,67,69-84H2,1-4H3,(H,97,98)(H,99,100)/b13-9-,14-10-,15-11-,16-12-,25-21-,26-22-,27-23-,28-24-,37-33-,38-34-,39-35-,40-36-,46-42-,54-50-,56-52-,66-62-,68-64-. The average molecular weight is 1570 g/mol. The largest absolute Gasteiger partial charge is 0.472 e. The number of esters is 4. The zero-order chi connectivity index (χ0) is 80.3. The van der Waals surface area contributed by atoms with Gasteiger partial charge in [-0.2, -0.15) is 0 Å². The zero-order valence-electron chi connectivity index (χ0n) is 67.8. The quantitative estimate of drug-likeness (QED) is 0.0169. The third-order valence-corrected chi connectivity index (χ3v) is 18.1. The van der Waals surface area contributed by atoms with E-state index >= 15 is 0 Å². The van der Waals surface area contributed by atoms with Crippen molar-refractivity contribution in [2.24, 2.45) is 0 Å². The third-order valence-electron chi connectivity index (χ3n) is 16.2. The number of ether oxygens (including phenoxy) is 4. The zero-order valence-corrected chi connectivity index (χ0v) is 69.6. The summed E-state index contributed by atoms with van der Waals surface area (Å²) in [6, 6.07) is 0. The van der Waals surface area contributed by atoms with Gasteiger partial charge in [0.05, 0.1) is 26.4 Å². The van der Waals surface area contributed by atoms with Crippen LogP contribution in [-0.2, 0) is 65.4 Å². The molecule has 0 saturated carbocycles. The number of phosphoric acid groups is 2. The molecule has 0 aromatic carbocycles. The van der Waals surface area contributed by atoms with Crippen molar-refractivity contribution in [1.82, 2.24) is 0 Å². The molecule has 0 radical (unpaired) electrons. The Balaban J connectivity index is 5.53. The van der Waals surface area contributed by atoms with Crippen molar-refractivity contribution >= 4 is 39.5 Å². The highest BCUT2D eigenvalue weighted by Gasteiger charge is 2.30. The monoisotopic (exact) mass is 1570 g/mol. The van der Waals surface area contributed by atoms with Crippen molar-refractivity contribution < 1.29 is 80.2 Å². The minimum Gasteiger partial charge on any atom is -0.462 e. The summed E-state index contributed by atoms with van der Waals surface area (Å²) >= 11 is 0. The van der Waals surface area contributed by atoms with E-state index in [1.54, 1.807) is 0 Å². The van der Waals surface area contributed by atoms with Gasteiger partial charge in [-0.3, -0.25) is 37.3 Å². The SMILES string of the molecule is CC/C=C\C/C=C\C/C=C\C/C=C\C/C=C\C/C=C\CCC(=O)OCC(COP(=O)(O)OCC(O)COP(=O)(O)OCC(COC(=O)CCCCCCCCC/C=C\C/C=C\C/C=C\CC)OC(=O)CCCCCCCCC/C=C\C/C=C\C/C=C\CC)OC(=O)CCC/C=C\C/C=C\C/C=C\C/C=C\C/C=C\CC. The van der Waals surface area contributed by atoms with Crippen LogP contribution < -0.4 is 0 Å². The summed E-state index contributed by atoms with van der Waals surface area (Å²) in [5.74, 6) is -2.38. The number of rotatable bonds is 75. The highest BCUT2D eigenvalue weighted by Crippen LogP contribution is 2.45. The van der Waals surface area contributed by atoms with Crippen LogP contribution in [0.15, 0.2) is 207 Å². The molecule has 0 aromatic rings. The van der Waals surface area contributed by atoms with E-state index in [4.69, 9.17) is 37.0 Å². The summed E-state index contributed by atoms with van der Waals surface area (Å²) in [6.45, 7) is 4.24. The van der Waals surface area contributed by atoms with Crippen molar-refractivity contribution in [2.75, 3.05) is 39.6 Å². The lowest BCUT2D eigenvalue weighted by Crippen LogP contribution is -2.30. The number of hydrogen-bond donors (Lipinski definition) is 3. The smallest absolute Gasteiger partial charge is 0.462 e. The fraction of sp³-hybridized carbons (Fsp3) is 0.582. The molecule has 0 rings (SSSR count). The molecule has 5 unspecified atom stereocenters. The number of aliphatic hydroxyl groups excluding tert-OH is 1. The predicted molar refractivity (Wildman–Crippen MR) is 454 cm³/mol. The van der Waals surface area contributed by atoms with E-state index in [2.05, 4.69) is 204 Å². The van der Waals surface area contributed by atoms with Crippen molar-refractivity contribution in [3.63, 3.8) is 0 Å². The average Bonchev–Trinajstić information content (AvgIpc) is 0.906. The van der Waals surface area contributed by atoms with Crippen molar-refractivity contribution in [3.05, 3.63) is 207 Å². The molecule has 0 saturated heterocycles. The Labute approximate surface area is 665 Å². The molecule has 0 fully saturated rings. The van der Waals surface area contributed by atoms with Gasteiger partial charge in [-0.15, -0.1) is 0 Å². The van der Waals surface area contributed by atoms with Gasteiger partial charge in [0.25, 0.3) is 0 Å². The Hall–Kier alpha value is -6.36. The molecule has 0 spiro atoms. The molecule has 0 amide bonds. The maximum atomic E-state index is 13.1. The van der Waals surface area contributed by atoms with Gasteiger partial charge in [-0.25, -0.2) is 9.13 Å². The number of phosphoric ester groups is 2. The van der Waals surface area contributed by atoms with E-state index in [1.807, 2.05) is 30.4 Å². The fourth-order valence-electron chi connectivity index (χ4n) is 10.1. The number of carbonyl (C=O) groups is 4. The van der Waals surface area contributed by atoms with Gasteiger partial charge in [0.15, 0.2) is 12.2 Å². The van der Waals surface area contributed by atoms with Crippen LogP contribution in [0.3, 0.4) is 0 Å². The summed E-state index contributed by atoms with van der Waals surface area (Å²) in [5, 5.41) is 10.7. The molecule has 5 atom stereocenters. The number of aliphatic hydroxyl groups is 1. The summed E-state index contributed by atoms with van der Waals surface area (Å²) < 4.78 is 68.6. The van der Waals surface area contributed by atoms with Gasteiger partial charge < -0.3 is 33.8 Å². The van der Waals surface area contributed by atoms with Crippen LogP contribution in [0.1, 0.15) is 285 Å². The van der Waals surface area contributed by atoms with E-state index in [0.29, 0.717) is 38.5 Å². The van der Waals surface area contributed by atoms with E-state index in [1.165, 1.54) is 0 Å². The summed E-state index contributed by atoms with van der Waals surface area (Å²) in [4.78, 5) is 73.2. The number of unbranched alkanes of at least 4 members (excludes halogenated alkanes) is 15. The van der Waals surface area contributed by atoms with Crippen LogP contribution in [0, 0.1) is 0 Å². The summed E-state index contributed by atoms with van der Waals surface area (Å²) in [5.41, 5.74) is 0. The molecule has 620 valence electrons. The maximum absolute atomic E-state index is 13.1. The van der Waals surface area contributed by atoms with Crippen LogP contribution >= 0.6 is 15.6 Å². The van der Waals surface area contributed by atoms with Gasteiger partial charge in [0.1, 0.15) is 19.3 Å². The lowest BCUT2D eigenvalue weighted by molar-refractivity contribution is -0.161. The Bertz CT molecular complexity index is 2900. The third kappa shape index (κ3) is 79.7. The van der Waals surface area contributed by atoms with Crippen LogP contribution in [-0.4, -0.2) is 96.7 Å². The van der Waals surface area contributed by atoms with Crippen molar-refractivity contribution in [3.8, 4) is 0 Å². The second-order valence-electron chi connectivity index (χ2n) is 26.5. The first-order valence-electron chi connectivity index (χ1n) is 41.3. The van der Waals surface area contributed by atoms with Gasteiger partial charge >= 0.3 is 39.5 Å². The minimum atomic E-state index is -5.02. The van der Waals surface area contributed by atoms with E-state index in [0.717, 1.165) is 193 Å². The van der Waals surface area contributed by atoms with Gasteiger partial charge in [0, 0.05) is 25.7 Å². The maximum Gasteiger partial charge on any atom is 0.472 e. The number of hydrogen-bond acceptors (Lipinski definition) is 15. The normalized spacial score (nSPS) is 14.9. The Morgan fingerprint density at radius 1 is 0.255 bits per heavy atom. The first-order chi connectivity index (χ1) is 53.7. The van der Waals surface area contributed by atoms with Gasteiger partial charge in [-0.1, -0.05) is 298 Å². The molecule has 19 heteroatoms. The lowest BCUT2D eigenvalue weighted by Gasteiger charge is -2.21. The second-order valence-corrected chi connectivity index (χ2v) is 29.4. The summed E-state index contributed by atoms with van der Waals surface area (Å²) in [7, 11) is -10.0. The lowest BCUT2D eigenvalue weighted by atomic mass is 10.1. The Morgan fingerprint density at radius 3 is 0.773 bits per heavy atom. The highest BCUT2D eigenvalue weighted by molar-refractivity contribution is 7.47. The minimum absolute atomic E-state index is 0.00807. The first kappa shape index (κ1) is 104. The van der Waals surface area contributed by atoms with Crippen LogP contribution in [0.4, 0.5) is 0 Å². The van der Waals surface area contributed by atoms with Crippen LogP contribution in [0.25, 0.3) is 0 Å². The fourth-order valence-corrected chi connectivity index (χ4v) is 11.7. The Morgan fingerprint density at radius 2 is 0.473 bits per heavy atom. The predicted octanol–water partition coefficient (Wildman–Crippen LogP) is 24.7. The molecule has 0 aliphatic heterocycles. The first-order valence-corrected chi connectivity index (χ1v) is 44.3. The molecule has 0 bridgehead atoms. The van der Waals surface area contributed by atoms with Crippen LogP contribution in [0.5, 0.6) is 0 Å². The molecular formula is C91H144O17P2. The summed E-state index contributed by atoms with van der Waals surface area (Å²) in [6.07, 6.45) is 101. The topological polar surface area (TPSA) is 237 Å². The molecular weight excluding hydrogens is 1430 g/mol. The molecule has 0 heterocycles. The molecule has 0 aliphatic carbocycles. The van der Waals surface area contributed by atoms with E-state index < -0.39 is 97.5 Å². The van der Waals surface area contributed by atoms with E-state index in [-0.39, 0.29) is 25.7 Å². The Kier molecular flexibility index (Phi) is 76.0. The van der Waals surface area contributed by atoms with Crippen LogP contribution in [0.2, 0.25) is 0 Å². The molecule has 3 N–H and O–H groups in total. The second kappa shape index (κ2) is 80.7. The number of allylic oxidation sites excluding steroid dienone is 34. The highest BCUT2D eigenvalue weighted by atomic mass is 31.2. The molecule has 0 aromatic heterocycles. The molecule has 17 nitrogen and oxygen atoms in total. The van der Waals surface area contributed by atoms with E-state index in [9.17, 15) is 43.2 Å². The number of carbonyl (C=O) groups excluding carboxylic acids is 4. The molecule has 110 heavy (non-hydrogen) atoms. The van der Waals surface area contributed by atoms with Gasteiger partial charge in [-0.05, 0) is 167 Å². The van der Waals surface area contributed by atoms with Crippen molar-refractivity contribution in [2.45, 2.75) is 303 Å².